The van der Waals surface area contributed by atoms with Gasteiger partial charge in [0.1, 0.15) is 11.0 Å². The minimum Gasteiger partial charge on any atom is -0.291 e. The molecule has 0 atom stereocenters. The lowest BCUT2D eigenvalue weighted by molar-refractivity contribution is -0.387. The number of nitro benzene ring substituents is 1. The van der Waals surface area contributed by atoms with Crippen molar-refractivity contribution in [2.45, 2.75) is 4.90 Å². The van der Waals surface area contributed by atoms with Crippen molar-refractivity contribution >= 4 is 50.8 Å². The van der Waals surface area contributed by atoms with Crippen LogP contribution < -0.4 is 10.0 Å². The molecular weight excluding hydrogens is 385 g/mol. The number of nitrogens with one attached hydrogen (secondary N) is 2. The second-order valence-electron chi connectivity index (χ2n) is 4.13. The van der Waals surface area contributed by atoms with Crippen molar-refractivity contribution in [1.82, 2.24) is 14.7 Å². The highest BCUT2D eigenvalue weighted by atomic mass is 35.5. The molecule has 0 saturated carbocycles. The van der Waals surface area contributed by atoms with Crippen LogP contribution in [0, 0.1) is 10.1 Å². The second kappa shape index (κ2) is 6.95. The van der Waals surface area contributed by atoms with Crippen LogP contribution in [0.4, 0.5) is 16.3 Å². The zero-order valence-corrected chi connectivity index (χ0v) is 13.8. The van der Waals surface area contributed by atoms with Crippen molar-refractivity contribution in [3.05, 3.63) is 50.9 Å². The number of para-hydroxylation sites is 1. The molecule has 1 heterocycles. The smallest absolute Gasteiger partial charge is 0.291 e. The zero-order valence-electron chi connectivity index (χ0n) is 11.4. The average molecular weight is 392 g/mol. The van der Waals surface area contributed by atoms with Crippen LogP contribution in [0.1, 0.15) is 0 Å². The molecule has 1 aromatic heterocycles. The number of aromatic nitrogens is 2. The summed E-state index contributed by atoms with van der Waals surface area (Å²) < 4.78 is 25.9. The van der Waals surface area contributed by atoms with E-state index in [-0.39, 0.29) is 16.3 Å². The molecule has 0 unspecified atom stereocenters. The molecule has 2 rings (SSSR count). The summed E-state index contributed by atoms with van der Waals surface area (Å²) in [5, 5.41) is 12.6. The van der Waals surface area contributed by atoms with Gasteiger partial charge in [0.15, 0.2) is 4.90 Å². The van der Waals surface area contributed by atoms with E-state index >= 15 is 0 Å². The Kier molecular flexibility index (Phi) is 5.17. The number of anilines is 1. The molecule has 126 valence electrons. The second-order valence-corrected chi connectivity index (χ2v) is 6.51. The Balaban J connectivity index is 2.23. The van der Waals surface area contributed by atoms with Crippen molar-refractivity contribution < 1.29 is 18.1 Å². The first-order chi connectivity index (χ1) is 11.2. The van der Waals surface area contributed by atoms with Crippen molar-refractivity contribution in [2.75, 3.05) is 5.32 Å². The first kappa shape index (κ1) is 17.8. The maximum atomic E-state index is 12.1. The predicted octanol–water partition coefficient (Wildman–Crippen LogP) is 2.20. The molecule has 0 bridgehead atoms. The molecule has 0 radical (unpaired) electrons. The van der Waals surface area contributed by atoms with Gasteiger partial charge in [-0.2, -0.15) is 0 Å². The quantitative estimate of drug-likeness (QED) is 0.351. The summed E-state index contributed by atoms with van der Waals surface area (Å²) in [5.74, 6) is -0.157. The molecule has 0 fully saturated rings. The van der Waals surface area contributed by atoms with Crippen LogP contribution in [0.15, 0.2) is 35.2 Å². The molecule has 0 aliphatic rings. The first-order valence-corrected chi connectivity index (χ1v) is 8.20. The SMILES string of the molecule is O=C(Nc1cc(Cl)nc(Cl)n1)NS(=O)(=O)c1ccccc1[N+](=O)[O-]. The third kappa shape index (κ3) is 4.28. The Morgan fingerprint density at radius 1 is 1.21 bits per heavy atom. The Bertz CT molecular complexity index is 901. The minimum absolute atomic E-state index is 0.0770. The van der Waals surface area contributed by atoms with Crippen LogP contribution in [0.3, 0.4) is 0 Å². The highest BCUT2D eigenvalue weighted by Gasteiger charge is 2.27. The molecule has 0 saturated heterocycles. The third-order valence-corrected chi connectivity index (χ3v) is 4.23. The van der Waals surface area contributed by atoms with Crippen LogP contribution in [-0.4, -0.2) is 29.3 Å². The number of hydrogen-bond acceptors (Lipinski definition) is 7. The van der Waals surface area contributed by atoms with Gasteiger partial charge in [-0.1, -0.05) is 23.7 Å². The van der Waals surface area contributed by atoms with Gasteiger partial charge >= 0.3 is 6.03 Å². The molecule has 0 aliphatic heterocycles. The number of hydrogen-bond donors (Lipinski definition) is 2. The van der Waals surface area contributed by atoms with Crippen LogP contribution in [-0.2, 0) is 10.0 Å². The Hall–Kier alpha value is -2.50. The summed E-state index contributed by atoms with van der Waals surface area (Å²) in [5.41, 5.74) is -0.675. The van der Waals surface area contributed by atoms with E-state index in [0.29, 0.717) is 0 Å². The molecular formula is C11H7Cl2N5O5S. The fraction of sp³-hybridized carbons (Fsp3) is 0. The van der Waals surface area contributed by atoms with E-state index in [2.05, 4.69) is 15.3 Å². The lowest BCUT2D eigenvalue weighted by Gasteiger charge is -2.08. The molecule has 1 aromatic carbocycles. The number of amides is 2. The van der Waals surface area contributed by atoms with E-state index in [1.165, 1.54) is 12.1 Å². The van der Waals surface area contributed by atoms with E-state index in [4.69, 9.17) is 23.2 Å². The summed E-state index contributed by atoms with van der Waals surface area (Å²) in [7, 11) is -4.49. The largest absolute Gasteiger partial charge is 0.334 e. The lowest BCUT2D eigenvalue weighted by atomic mass is 10.3. The van der Waals surface area contributed by atoms with Gasteiger partial charge in [-0.05, 0) is 17.7 Å². The maximum absolute atomic E-state index is 12.1. The Labute approximate surface area is 145 Å². The van der Waals surface area contributed by atoms with E-state index in [1.54, 1.807) is 4.72 Å². The lowest BCUT2D eigenvalue weighted by Crippen LogP contribution is -2.35. The van der Waals surface area contributed by atoms with Gasteiger partial charge in [0, 0.05) is 12.1 Å². The van der Waals surface area contributed by atoms with Gasteiger partial charge in [0.05, 0.1) is 4.92 Å². The number of urea groups is 1. The number of sulfonamides is 1. The molecule has 13 heteroatoms. The number of nitrogens with zero attached hydrogens (tertiary/aromatic N) is 3. The summed E-state index contributed by atoms with van der Waals surface area (Å²) in [6, 6.07) is 4.48. The first-order valence-electron chi connectivity index (χ1n) is 5.96. The molecule has 10 nitrogen and oxygen atoms in total. The molecule has 0 spiro atoms. The summed E-state index contributed by atoms with van der Waals surface area (Å²) >= 11 is 11.2. The van der Waals surface area contributed by atoms with Gasteiger partial charge in [0.2, 0.25) is 5.28 Å². The summed E-state index contributed by atoms with van der Waals surface area (Å²) in [6.45, 7) is 0. The van der Waals surface area contributed by atoms with Crippen LogP contribution in [0.25, 0.3) is 0 Å². The van der Waals surface area contributed by atoms with Gasteiger partial charge in [-0.15, -0.1) is 0 Å². The number of carbonyl (C=O) groups excluding carboxylic acids is 1. The highest BCUT2D eigenvalue weighted by molar-refractivity contribution is 7.90. The van der Waals surface area contributed by atoms with Gasteiger partial charge in [-0.25, -0.2) is 27.9 Å². The van der Waals surface area contributed by atoms with Crippen LogP contribution in [0.2, 0.25) is 10.4 Å². The predicted molar refractivity (Wildman–Crippen MR) is 84.5 cm³/mol. The number of halogens is 2. The monoisotopic (exact) mass is 391 g/mol. The van der Waals surface area contributed by atoms with E-state index in [1.807, 2.05) is 0 Å². The average Bonchev–Trinajstić information content (AvgIpc) is 2.45. The van der Waals surface area contributed by atoms with E-state index < -0.39 is 31.6 Å². The highest BCUT2D eigenvalue weighted by Crippen LogP contribution is 2.22. The Morgan fingerprint density at radius 3 is 2.50 bits per heavy atom. The molecule has 2 N–H and O–H groups in total. The van der Waals surface area contributed by atoms with E-state index in [0.717, 1.165) is 18.2 Å². The number of rotatable bonds is 4. The van der Waals surface area contributed by atoms with Gasteiger partial charge in [-0.3, -0.25) is 15.4 Å². The van der Waals surface area contributed by atoms with Crippen molar-refractivity contribution in [1.29, 1.82) is 0 Å². The van der Waals surface area contributed by atoms with Crippen LogP contribution in [0.5, 0.6) is 0 Å². The van der Waals surface area contributed by atoms with E-state index in [9.17, 15) is 23.3 Å². The minimum atomic E-state index is -4.49. The van der Waals surface area contributed by atoms with Crippen LogP contribution >= 0.6 is 23.2 Å². The van der Waals surface area contributed by atoms with Crippen molar-refractivity contribution in [2.24, 2.45) is 0 Å². The standard InChI is InChI=1S/C11H7Cl2N5O5S/c12-8-5-9(15-10(13)14-8)16-11(19)17-24(22,23)7-4-2-1-3-6(7)18(20)21/h1-5H,(H2,14,15,16,17,19). The summed E-state index contributed by atoms with van der Waals surface area (Å²) in [4.78, 5) is 28.3. The normalized spacial score (nSPS) is 10.9. The molecule has 2 amide bonds. The van der Waals surface area contributed by atoms with Gasteiger partial charge < -0.3 is 0 Å². The number of benzene rings is 1. The maximum Gasteiger partial charge on any atom is 0.334 e. The number of nitro groups is 1. The fourth-order valence-corrected chi connectivity index (χ4v) is 3.10. The summed E-state index contributed by atoms with van der Waals surface area (Å²) in [6.07, 6.45) is 0. The van der Waals surface area contributed by atoms with Gasteiger partial charge in [0.25, 0.3) is 15.7 Å². The third-order valence-electron chi connectivity index (χ3n) is 2.49. The molecule has 24 heavy (non-hydrogen) atoms. The molecule has 0 aliphatic carbocycles. The zero-order chi connectivity index (χ0) is 17.9. The topological polar surface area (TPSA) is 144 Å². The van der Waals surface area contributed by atoms with Crippen molar-refractivity contribution in [3.8, 4) is 0 Å². The van der Waals surface area contributed by atoms with Crippen molar-refractivity contribution in [3.63, 3.8) is 0 Å². The molecule has 2 aromatic rings. The number of carbonyl (C=O) groups is 1. The fourth-order valence-electron chi connectivity index (χ4n) is 1.61. The Morgan fingerprint density at radius 2 is 1.88 bits per heavy atom.